The van der Waals surface area contributed by atoms with E-state index in [1.54, 1.807) is 13.0 Å². The van der Waals surface area contributed by atoms with Crippen molar-refractivity contribution in [3.05, 3.63) is 33.8 Å². The molecule has 0 heterocycles. The van der Waals surface area contributed by atoms with Gasteiger partial charge in [-0.05, 0) is 38.0 Å². The summed E-state index contributed by atoms with van der Waals surface area (Å²) in [5, 5.41) is 0.459. The molecular formula is C11H13ClO2. The standard InChI is InChI=1S/C11H13ClO2/c1-4-14-11(13)10-8(3)5-7(2)6-9(10)12/h5-6H,4H2,1-3H3. The van der Waals surface area contributed by atoms with Gasteiger partial charge < -0.3 is 4.74 Å². The minimum atomic E-state index is -0.352. The molecule has 0 aliphatic carbocycles. The number of rotatable bonds is 2. The molecule has 0 aromatic heterocycles. The SMILES string of the molecule is CCOC(=O)c1c(C)cc(C)cc1Cl. The highest BCUT2D eigenvalue weighted by atomic mass is 35.5. The van der Waals surface area contributed by atoms with E-state index in [1.807, 2.05) is 19.9 Å². The molecule has 0 unspecified atom stereocenters. The molecule has 76 valence electrons. The van der Waals surface area contributed by atoms with Gasteiger partial charge >= 0.3 is 5.97 Å². The number of hydrogen-bond donors (Lipinski definition) is 0. The maximum atomic E-state index is 11.5. The second-order valence-electron chi connectivity index (χ2n) is 3.16. The third-order valence-electron chi connectivity index (χ3n) is 1.91. The van der Waals surface area contributed by atoms with Crippen molar-refractivity contribution in [2.24, 2.45) is 0 Å². The van der Waals surface area contributed by atoms with Gasteiger partial charge in [0, 0.05) is 0 Å². The molecule has 14 heavy (non-hydrogen) atoms. The first-order chi connectivity index (χ1) is 6.56. The Bertz CT molecular complexity index is 335. The fraction of sp³-hybridized carbons (Fsp3) is 0.364. The monoisotopic (exact) mass is 212 g/mol. The normalized spacial score (nSPS) is 10.0. The molecule has 0 amide bonds. The van der Waals surface area contributed by atoms with E-state index < -0.39 is 0 Å². The Kier molecular flexibility index (Phi) is 3.53. The molecule has 0 N–H and O–H groups in total. The number of aryl methyl sites for hydroxylation is 2. The number of hydrogen-bond acceptors (Lipinski definition) is 2. The number of carbonyl (C=O) groups is 1. The number of ether oxygens (including phenoxy) is 1. The second-order valence-corrected chi connectivity index (χ2v) is 3.57. The Morgan fingerprint density at radius 3 is 2.57 bits per heavy atom. The Balaban J connectivity index is 3.14. The number of carbonyl (C=O) groups excluding carboxylic acids is 1. The highest BCUT2D eigenvalue weighted by Crippen LogP contribution is 2.22. The van der Waals surface area contributed by atoms with Crippen molar-refractivity contribution < 1.29 is 9.53 Å². The van der Waals surface area contributed by atoms with Crippen molar-refractivity contribution in [1.29, 1.82) is 0 Å². The molecule has 1 rings (SSSR count). The summed E-state index contributed by atoms with van der Waals surface area (Å²) in [5.41, 5.74) is 2.37. The minimum absolute atomic E-state index is 0.352. The van der Waals surface area contributed by atoms with E-state index in [0.29, 0.717) is 17.2 Å². The summed E-state index contributed by atoms with van der Waals surface area (Å²) in [7, 11) is 0. The van der Waals surface area contributed by atoms with Crippen LogP contribution in [0.3, 0.4) is 0 Å². The summed E-state index contributed by atoms with van der Waals surface area (Å²) in [6.45, 7) is 5.93. The van der Waals surface area contributed by atoms with Crippen LogP contribution in [0.2, 0.25) is 5.02 Å². The van der Waals surface area contributed by atoms with Gasteiger partial charge in [0.2, 0.25) is 0 Å². The van der Waals surface area contributed by atoms with Crippen LogP contribution in [0.15, 0.2) is 12.1 Å². The van der Waals surface area contributed by atoms with Crippen LogP contribution in [-0.4, -0.2) is 12.6 Å². The highest BCUT2D eigenvalue weighted by molar-refractivity contribution is 6.33. The lowest BCUT2D eigenvalue weighted by atomic mass is 10.1. The predicted octanol–water partition coefficient (Wildman–Crippen LogP) is 3.13. The molecular weight excluding hydrogens is 200 g/mol. The van der Waals surface area contributed by atoms with Crippen molar-refractivity contribution in [1.82, 2.24) is 0 Å². The topological polar surface area (TPSA) is 26.3 Å². The van der Waals surface area contributed by atoms with Gasteiger partial charge in [0.15, 0.2) is 0 Å². The van der Waals surface area contributed by atoms with E-state index in [0.717, 1.165) is 11.1 Å². The van der Waals surface area contributed by atoms with Gasteiger partial charge in [-0.15, -0.1) is 0 Å². The van der Waals surface area contributed by atoms with E-state index in [4.69, 9.17) is 16.3 Å². The van der Waals surface area contributed by atoms with Gasteiger partial charge in [-0.3, -0.25) is 0 Å². The average molecular weight is 213 g/mol. The zero-order chi connectivity index (χ0) is 10.7. The maximum Gasteiger partial charge on any atom is 0.339 e. The Hall–Kier alpha value is -1.02. The Labute approximate surface area is 88.8 Å². The van der Waals surface area contributed by atoms with Crippen molar-refractivity contribution in [2.75, 3.05) is 6.61 Å². The molecule has 0 aliphatic heterocycles. The van der Waals surface area contributed by atoms with Crippen LogP contribution >= 0.6 is 11.6 Å². The van der Waals surface area contributed by atoms with Crippen LogP contribution in [0, 0.1) is 13.8 Å². The molecule has 1 aromatic rings. The van der Waals surface area contributed by atoms with Crippen molar-refractivity contribution in [3.63, 3.8) is 0 Å². The zero-order valence-corrected chi connectivity index (χ0v) is 9.31. The molecule has 0 bridgehead atoms. The molecule has 0 aliphatic rings. The largest absolute Gasteiger partial charge is 0.462 e. The van der Waals surface area contributed by atoms with Crippen molar-refractivity contribution in [3.8, 4) is 0 Å². The summed E-state index contributed by atoms with van der Waals surface area (Å²) >= 11 is 5.96. The molecule has 0 saturated carbocycles. The quantitative estimate of drug-likeness (QED) is 0.704. The molecule has 0 radical (unpaired) electrons. The second kappa shape index (κ2) is 4.47. The van der Waals surface area contributed by atoms with Crippen molar-refractivity contribution >= 4 is 17.6 Å². The minimum Gasteiger partial charge on any atom is -0.462 e. The van der Waals surface area contributed by atoms with Gasteiger partial charge in [-0.1, -0.05) is 17.7 Å². The maximum absolute atomic E-state index is 11.5. The Morgan fingerprint density at radius 2 is 2.07 bits per heavy atom. The lowest BCUT2D eigenvalue weighted by molar-refractivity contribution is 0.0526. The predicted molar refractivity (Wildman–Crippen MR) is 56.9 cm³/mol. The van der Waals surface area contributed by atoms with Gasteiger partial charge in [-0.25, -0.2) is 4.79 Å². The molecule has 0 fully saturated rings. The van der Waals surface area contributed by atoms with Crippen LogP contribution in [0.5, 0.6) is 0 Å². The first-order valence-corrected chi connectivity index (χ1v) is 4.88. The third kappa shape index (κ3) is 2.26. The fourth-order valence-electron chi connectivity index (χ4n) is 1.38. The summed E-state index contributed by atoms with van der Waals surface area (Å²) in [6.07, 6.45) is 0. The molecule has 1 aromatic carbocycles. The summed E-state index contributed by atoms with van der Waals surface area (Å²) in [4.78, 5) is 11.5. The first-order valence-electron chi connectivity index (χ1n) is 4.50. The molecule has 2 nitrogen and oxygen atoms in total. The van der Waals surface area contributed by atoms with Crippen molar-refractivity contribution in [2.45, 2.75) is 20.8 Å². The molecule has 3 heteroatoms. The van der Waals surface area contributed by atoms with Gasteiger partial charge in [0.1, 0.15) is 0 Å². The smallest absolute Gasteiger partial charge is 0.339 e. The lowest BCUT2D eigenvalue weighted by Gasteiger charge is -2.08. The van der Waals surface area contributed by atoms with E-state index >= 15 is 0 Å². The van der Waals surface area contributed by atoms with Gasteiger partial charge in [0.25, 0.3) is 0 Å². The van der Waals surface area contributed by atoms with Crippen LogP contribution in [0.4, 0.5) is 0 Å². The van der Waals surface area contributed by atoms with Crippen LogP contribution in [0.25, 0.3) is 0 Å². The average Bonchev–Trinajstić information content (AvgIpc) is 2.01. The Morgan fingerprint density at radius 1 is 1.43 bits per heavy atom. The van der Waals surface area contributed by atoms with E-state index in [2.05, 4.69) is 0 Å². The fourth-order valence-corrected chi connectivity index (χ4v) is 1.78. The van der Waals surface area contributed by atoms with E-state index in [-0.39, 0.29) is 5.97 Å². The van der Waals surface area contributed by atoms with Crippen LogP contribution in [-0.2, 0) is 4.74 Å². The highest BCUT2D eigenvalue weighted by Gasteiger charge is 2.14. The first kappa shape index (κ1) is 11.1. The third-order valence-corrected chi connectivity index (χ3v) is 2.21. The van der Waals surface area contributed by atoms with Crippen LogP contribution in [0.1, 0.15) is 28.4 Å². The number of halogens is 1. The number of benzene rings is 1. The van der Waals surface area contributed by atoms with Gasteiger partial charge in [-0.2, -0.15) is 0 Å². The summed E-state index contributed by atoms with van der Waals surface area (Å²) < 4.78 is 4.91. The molecule has 0 atom stereocenters. The van der Waals surface area contributed by atoms with Gasteiger partial charge in [0.05, 0.1) is 17.2 Å². The summed E-state index contributed by atoms with van der Waals surface area (Å²) in [5.74, 6) is -0.352. The molecule has 0 spiro atoms. The zero-order valence-electron chi connectivity index (χ0n) is 8.56. The molecule has 0 saturated heterocycles. The van der Waals surface area contributed by atoms with E-state index in [1.165, 1.54) is 0 Å². The van der Waals surface area contributed by atoms with Crippen LogP contribution < -0.4 is 0 Å². The van der Waals surface area contributed by atoms with E-state index in [9.17, 15) is 4.79 Å². The number of esters is 1. The lowest BCUT2D eigenvalue weighted by Crippen LogP contribution is -2.07. The summed E-state index contributed by atoms with van der Waals surface area (Å²) in [6, 6.07) is 3.68.